The fourth-order valence-corrected chi connectivity index (χ4v) is 4.08. The number of carbonyl (C=O) groups excluding carboxylic acids is 2. The van der Waals surface area contributed by atoms with Crippen LogP contribution >= 0.6 is 0 Å². The Hall–Kier alpha value is -1.82. The number of Topliss-reactive ketones (excluding diaryl/α,β-unsaturated/α-hetero) is 1. The molecule has 0 aromatic carbocycles. The number of carbonyl (C=O) groups is 2. The average Bonchev–Trinajstić information content (AvgIpc) is 3.17. The summed E-state index contributed by atoms with van der Waals surface area (Å²) in [4.78, 5) is 24.1. The molecule has 0 aromatic heterocycles. The van der Waals surface area contributed by atoms with E-state index in [0.717, 1.165) is 0 Å². The highest BCUT2D eigenvalue weighted by molar-refractivity contribution is 5.88. The SMILES string of the molecule is CC(C)CC(=O)O[C@@H]1OC=C(CO[C@@H]2O[C@H](CO)[C@@H](O)C(=O)[C@H]2O)[C@H]2CC=C(CO)[C@@H]12. The van der Waals surface area contributed by atoms with Crippen LogP contribution in [0.15, 0.2) is 23.5 Å². The van der Waals surface area contributed by atoms with Gasteiger partial charge in [0.25, 0.3) is 0 Å². The minimum absolute atomic E-state index is 0.0658. The predicted octanol–water partition coefficient (Wildman–Crippen LogP) is -0.605. The minimum Gasteiger partial charge on any atom is -0.462 e. The van der Waals surface area contributed by atoms with Crippen LogP contribution in [0, 0.1) is 17.8 Å². The first-order valence-corrected chi connectivity index (χ1v) is 10.4. The topological polar surface area (TPSA) is 152 Å². The number of ether oxygens (including phenoxy) is 4. The molecule has 0 radical (unpaired) electrons. The Bertz CT molecular complexity index is 730. The highest BCUT2D eigenvalue weighted by Crippen LogP contribution is 2.43. The van der Waals surface area contributed by atoms with Gasteiger partial charge in [-0.3, -0.25) is 9.59 Å². The lowest BCUT2D eigenvalue weighted by atomic mass is 9.84. The molecule has 0 spiro atoms. The van der Waals surface area contributed by atoms with Crippen LogP contribution in [0.3, 0.4) is 0 Å². The van der Waals surface area contributed by atoms with Gasteiger partial charge in [0.05, 0.1) is 32.0 Å². The van der Waals surface area contributed by atoms with E-state index in [2.05, 4.69) is 0 Å². The summed E-state index contributed by atoms with van der Waals surface area (Å²) in [5.41, 5.74) is 1.38. The van der Waals surface area contributed by atoms with Crippen LogP contribution in [0.25, 0.3) is 0 Å². The Balaban J connectivity index is 1.67. The van der Waals surface area contributed by atoms with Gasteiger partial charge in [-0.1, -0.05) is 19.9 Å². The first-order chi connectivity index (χ1) is 14.8. The van der Waals surface area contributed by atoms with E-state index >= 15 is 0 Å². The summed E-state index contributed by atoms with van der Waals surface area (Å²) in [5, 5.41) is 38.7. The van der Waals surface area contributed by atoms with E-state index in [1.54, 1.807) is 0 Å². The Kier molecular flexibility index (Phi) is 7.84. The molecule has 3 rings (SSSR count). The molecule has 0 amide bonds. The van der Waals surface area contributed by atoms with Crippen molar-refractivity contribution in [1.82, 2.24) is 0 Å². The van der Waals surface area contributed by atoms with Gasteiger partial charge in [0.15, 0.2) is 18.2 Å². The number of aliphatic hydroxyl groups excluding tert-OH is 4. The number of ketones is 1. The lowest BCUT2D eigenvalue weighted by Crippen LogP contribution is -2.56. The summed E-state index contributed by atoms with van der Waals surface area (Å²) in [7, 11) is 0. The van der Waals surface area contributed by atoms with Crippen molar-refractivity contribution >= 4 is 11.8 Å². The quantitative estimate of drug-likeness (QED) is 0.283. The first kappa shape index (κ1) is 23.8. The van der Waals surface area contributed by atoms with Gasteiger partial charge < -0.3 is 39.4 Å². The minimum atomic E-state index is -1.70. The lowest BCUT2D eigenvalue weighted by molar-refractivity contribution is -0.254. The highest BCUT2D eigenvalue weighted by Gasteiger charge is 2.46. The molecule has 0 unspecified atom stereocenters. The molecule has 10 heteroatoms. The van der Waals surface area contributed by atoms with Crippen molar-refractivity contribution in [2.45, 2.75) is 57.6 Å². The van der Waals surface area contributed by atoms with Gasteiger partial charge in [-0.05, 0) is 23.5 Å². The van der Waals surface area contributed by atoms with Crippen molar-refractivity contribution in [2.75, 3.05) is 19.8 Å². The Morgan fingerprint density at radius 3 is 2.58 bits per heavy atom. The van der Waals surface area contributed by atoms with Crippen molar-refractivity contribution in [3.63, 3.8) is 0 Å². The summed E-state index contributed by atoms with van der Waals surface area (Å²) in [6, 6.07) is 0. The number of hydrogen-bond acceptors (Lipinski definition) is 10. The third-order valence-corrected chi connectivity index (χ3v) is 5.72. The van der Waals surface area contributed by atoms with Gasteiger partial charge >= 0.3 is 5.97 Å². The smallest absolute Gasteiger partial charge is 0.309 e. The molecule has 7 atom stereocenters. The standard InChI is InChI=1S/C21H30O10/c1-10(2)5-15(24)31-20-16-11(6-22)3-4-13(16)12(8-28-20)9-29-21-19(27)18(26)17(25)14(7-23)30-21/h3,8,10,13-14,16-17,19-23,25,27H,4-7,9H2,1-2H3/t13-,14-,16-,17-,19-,20+,21-/m1/s1. The van der Waals surface area contributed by atoms with Crippen LogP contribution in [0.4, 0.5) is 0 Å². The van der Waals surface area contributed by atoms with E-state index in [-0.39, 0.29) is 43.4 Å². The molecule has 1 saturated heterocycles. The van der Waals surface area contributed by atoms with Gasteiger partial charge in [0.2, 0.25) is 6.29 Å². The third kappa shape index (κ3) is 5.16. The molecule has 1 aliphatic carbocycles. The molecule has 4 N–H and O–H groups in total. The zero-order valence-electron chi connectivity index (χ0n) is 17.5. The zero-order valence-corrected chi connectivity index (χ0v) is 17.5. The van der Waals surface area contributed by atoms with Crippen LogP contribution in [0.2, 0.25) is 0 Å². The maximum Gasteiger partial charge on any atom is 0.309 e. The van der Waals surface area contributed by atoms with Crippen molar-refractivity contribution in [2.24, 2.45) is 17.8 Å². The second kappa shape index (κ2) is 10.2. The Labute approximate surface area is 180 Å². The second-order valence-electron chi connectivity index (χ2n) is 8.42. The average molecular weight is 442 g/mol. The molecule has 2 heterocycles. The van der Waals surface area contributed by atoms with E-state index in [4.69, 9.17) is 18.9 Å². The van der Waals surface area contributed by atoms with Crippen LogP contribution in [-0.4, -0.2) is 82.9 Å². The zero-order chi connectivity index (χ0) is 22.7. The van der Waals surface area contributed by atoms with Crippen LogP contribution in [0.5, 0.6) is 0 Å². The maximum atomic E-state index is 12.1. The summed E-state index contributed by atoms with van der Waals surface area (Å²) < 4.78 is 22.0. The number of rotatable bonds is 8. The largest absolute Gasteiger partial charge is 0.462 e. The first-order valence-electron chi connectivity index (χ1n) is 10.4. The number of esters is 1. The lowest BCUT2D eigenvalue weighted by Gasteiger charge is -2.37. The van der Waals surface area contributed by atoms with Crippen LogP contribution in [0.1, 0.15) is 26.7 Å². The molecular formula is C21H30O10. The number of allylic oxidation sites excluding steroid dienone is 1. The van der Waals surface area contributed by atoms with E-state index in [1.165, 1.54) is 6.26 Å². The fraction of sp³-hybridized carbons (Fsp3) is 0.714. The van der Waals surface area contributed by atoms with Gasteiger partial charge in [-0.25, -0.2) is 0 Å². The van der Waals surface area contributed by atoms with Crippen LogP contribution in [-0.2, 0) is 28.5 Å². The third-order valence-electron chi connectivity index (χ3n) is 5.72. The molecule has 0 saturated carbocycles. The van der Waals surface area contributed by atoms with Gasteiger partial charge in [0.1, 0.15) is 12.2 Å². The van der Waals surface area contributed by atoms with E-state index < -0.39 is 43.3 Å². The molecular weight excluding hydrogens is 412 g/mol. The summed E-state index contributed by atoms with van der Waals surface area (Å²) >= 11 is 0. The van der Waals surface area contributed by atoms with E-state index in [0.29, 0.717) is 17.6 Å². The monoisotopic (exact) mass is 442 g/mol. The molecule has 1 fully saturated rings. The molecule has 2 aliphatic heterocycles. The van der Waals surface area contributed by atoms with Crippen molar-refractivity contribution < 1.29 is 49.0 Å². The van der Waals surface area contributed by atoms with Crippen molar-refractivity contribution in [1.29, 1.82) is 0 Å². The number of aliphatic hydroxyl groups is 4. The van der Waals surface area contributed by atoms with Gasteiger partial charge in [-0.15, -0.1) is 0 Å². The summed E-state index contributed by atoms with van der Waals surface area (Å²) in [6.45, 7) is 2.93. The van der Waals surface area contributed by atoms with Crippen LogP contribution < -0.4 is 0 Å². The summed E-state index contributed by atoms with van der Waals surface area (Å²) in [5.74, 6) is -1.68. The fourth-order valence-electron chi connectivity index (χ4n) is 4.08. The predicted molar refractivity (Wildman–Crippen MR) is 104 cm³/mol. The molecule has 31 heavy (non-hydrogen) atoms. The second-order valence-corrected chi connectivity index (χ2v) is 8.42. The highest BCUT2D eigenvalue weighted by atomic mass is 16.7. The molecule has 10 nitrogen and oxygen atoms in total. The van der Waals surface area contributed by atoms with Crippen molar-refractivity contribution in [3.05, 3.63) is 23.5 Å². The molecule has 174 valence electrons. The van der Waals surface area contributed by atoms with Gasteiger partial charge in [0, 0.05) is 12.3 Å². The molecule has 0 bridgehead atoms. The number of fused-ring (bicyclic) bond motifs is 1. The summed E-state index contributed by atoms with van der Waals surface area (Å²) in [6.07, 6.45) is -2.63. The van der Waals surface area contributed by atoms with E-state index in [9.17, 15) is 30.0 Å². The van der Waals surface area contributed by atoms with Gasteiger partial charge in [-0.2, -0.15) is 0 Å². The molecule has 3 aliphatic rings. The Morgan fingerprint density at radius 1 is 1.19 bits per heavy atom. The number of hydrogen-bond donors (Lipinski definition) is 4. The van der Waals surface area contributed by atoms with E-state index in [1.807, 2.05) is 19.9 Å². The van der Waals surface area contributed by atoms with Crippen molar-refractivity contribution in [3.8, 4) is 0 Å². The normalized spacial score (nSPS) is 35.3. The maximum absolute atomic E-state index is 12.1. The molecule has 0 aromatic rings. The Morgan fingerprint density at radius 2 is 1.94 bits per heavy atom.